The second-order valence-electron chi connectivity index (χ2n) is 6.67. The van der Waals surface area contributed by atoms with Crippen LogP contribution in [0.2, 0.25) is 0 Å². The summed E-state index contributed by atoms with van der Waals surface area (Å²) < 4.78 is 5.19. The fourth-order valence-electron chi connectivity index (χ4n) is 1.80. The molecule has 2 amide bonds. The van der Waals surface area contributed by atoms with E-state index in [0.717, 1.165) is 0 Å². The molecule has 1 unspecified atom stereocenters. The van der Waals surface area contributed by atoms with Gasteiger partial charge in [0.2, 0.25) is 5.88 Å². The Morgan fingerprint density at radius 2 is 1.88 bits per heavy atom. The highest BCUT2D eigenvalue weighted by Gasteiger charge is 2.24. The first-order chi connectivity index (χ1) is 11.8. The van der Waals surface area contributed by atoms with Gasteiger partial charge < -0.3 is 10.1 Å². The van der Waals surface area contributed by atoms with Crippen LogP contribution in [0.5, 0.6) is 5.88 Å². The van der Waals surface area contributed by atoms with Gasteiger partial charge in [0.25, 0.3) is 5.91 Å². The fourth-order valence-corrected chi connectivity index (χ4v) is 1.80. The smallest absolute Gasteiger partial charge is 0.390 e. The maximum absolute atomic E-state index is 12.5. The van der Waals surface area contributed by atoms with E-state index in [-0.39, 0.29) is 28.8 Å². The second-order valence-corrected chi connectivity index (χ2v) is 6.67. The van der Waals surface area contributed by atoms with E-state index in [9.17, 15) is 9.59 Å². The lowest BCUT2D eigenvalue weighted by atomic mass is 9.88. The molecule has 2 rings (SSSR count). The van der Waals surface area contributed by atoms with Gasteiger partial charge in [-0.1, -0.05) is 20.8 Å². The summed E-state index contributed by atoms with van der Waals surface area (Å²) in [5, 5.41) is 5.43. The molecule has 25 heavy (non-hydrogen) atoms. The maximum atomic E-state index is 12.5. The van der Waals surface area contributed by atoms with E-state index < -0.39 is 6.09 Å². The average molecular weight is 342 g/mol. The summed E-state index contributed by atoms with van der Waals surface area (Å²) in [5.41, 5.74) is 0.576. The number of nitrogens with zero attached hydrogens (tertiary/aromatic N) is 2. The van der Waals surface area contributed by atoms with Gasteiger partial charge in [-0.3, -0.25) is 15.1 Å². The number of ether oxygens (including phenoxy) is 1. The summed E-state index contributed by atoms with van der Waals surface area (Å²) in [6.45, 7) is 8.00. The normalized spacial score (nSPS) is 12.2. The lowest BCUT2D eigenvalue weighted by Gasteiger charge is -2.28. The number of carbonyl (C=O) groups excluding carboxylic acids is 2. The largest absolute Gasteiger partial charge is 0.418 e. The Morgan fingerprint density at radius 1 is 1.16 bits per heavy atom. The third kappa shape index (κ3) is 5.27. The second kappa shape index (κ2) is 7.74. The lowest BCUT2D eigenvalue weighted by Crippen LogP contribution is -2.41. The Labute approximate surface area is 146 Å². The minimum Gasteiger partial charge on any atom is -0.390 e. The van der Waals surface area contributed by atoms with Crippen LogP contribution in [0.4, 0.5) is 10.5 Å². The van der Waals surface area contributed by atoms with Crippen LogP contribution >= 0.6 is 0 Å². The molecule has 1 atom stereocenters. The van der Waals surface area contributed by atoms with Gasteiger partial charge in [-0.15, -0.1) is 0 Å². The third-order valence-corrected chi connectivity index (χ3v) is 3.76. The molecular weight excluding hydrogens is 320 g/mol. The number of hydrogen-bond donors (Lipinski definition) is 2. The molecule has 0 radical (unpaired) electrons. The van der Waals surface area contributed by atoms with Crippen molar-refractivity contribution in [1.29, 1.82) is 0 Å². The highest BCUT2D eigenvalue weighted by Crippen LogP contribution is 2.21. The Balaban J connectivity index is 2.09. The highest BCUT2D eigenvalue weighted by atomic mass is 16.6. The van der Waals surface area contributed by atoms with Crippen molar-refractivity contribution in [3.8, 4) is 5.88 Å². The molecule has 0 saturated heterocycles. The van der Waals surface area contributed by atoms with Crippen molar-refractivity contribution in [1.82, 2.24) is 15.3 Å². The molecule has 2 heterocycles. The van der Waals surface area contributed by atoms with Crippen LogP contribution in [0.25, 0.3) is 0 Å². The standard InChI is InChI=1S/C18H22N4O3/c1-12(18(2,3)4)21-15(23)14-8-6-10-20-16(14)25-17(24)22-13-7-5-9-19-11-13/h5-12H,1-4H3,(H,21,23)(H,22,24). The molecule has 0 aliphatic heterocycles. The van der Waals surface area contributed by atoms with Gasteiger partial charge in [-0.25, -0.2) is 9.78 Å². The predicted octanol–water partition coefficient (Wildman–Crippen LogP) is 3.25. The third-order valence-electron chi connectivity index (χ3n) is 3.76. The molecular formula is C18H22N4O3. The number of carbonyl (C=O) groups is 2. The summed E-state index contributed by atoms with van der Waals surface area (Å²) >= 11 is 0. The number of nitrogens with one attached hydrogen (secondary N) is 2. The van der Waals surface area contributed by atoms with E-state index in [4.69, 9.17) is 4.74 Å². The minimum absolute atomic E-state index is 0.0532. The van der Waals surface area contributed by atoms with Gasteiger partial charge in [0.05, 0.1) is 11.9 Å². The van der Waals surface area contributed by atoms with E-state index in [1.54, 1.807) is 30.5 Å². The lowest BCUT2D eigenvalue weighted by molar-refractivity contribution is 0.0907. The number of amides is 2. The van der Waals surface area contributed by atoms with E-state index >= 15 is 0 Å². The molecule has 2 aromatic heterocycles. The van der Waals surface area contributed by atoms with Crippen LogP contribution in [0.1, 0.15) is 38.1 Å². The molecule has 0 aliphatic rings. The van der Waals surface area contributed by atoms with Gasteiger partial charge in [0, 0.05) is 18.4 Å². The molecule has 2 aromatic rings. The predicted molar refractivity (Wildman–Crippen MR) is 94.5 cm³/mol. The SMILES string of the molecule is CC(NC(=O)c1cccnc1OC(=O)Nc1cccnc1)C(C)(C)C. The monoisotopic (exact) mass is 342 g/mol. The number of hydrogen-bond acceptors (Lipinski definition) is 5. The van der Waals surface area contributed by atoms with Gasteiger partial charge >= 0.3 is 6.09 Å². The molecule has 0 bridgehead atoms. The van der Waals surface area contributed by atoms with Gasteiger partial charge in [0.1, 0.15) is 5.56 Å². The van der Waals surface area contributed by atoms with Crippen LogP contribution in [0.3, 0.4) is 0 Å². The van der Waals surface area contributed by atoms with E-state index in [0.29, 0.717) is 5.69 Å². The van der Waals surface area contributed by atoms with Crippen LogP contribution in [-0.4, -0.2) is 28.0 Å². The molecule has 0 aromatic carbocycles. The molecule has 7 nitrogen and oxygen atoms in total. The maximum Gasteiger partial charge on any atom is 0.418 e. The van der Waals surface area contributed by atoms with Crippen molar-refractivity contribution in [3.63, 3.8) is 0 Å². The van der Waals surface area contributed by atoms with Crippen LogP contribution in [-0.2, 0) is 0 Å². The van der Waals surface area contributed by atoms with Crippen molar-refractivity contribution >= 4 is 17.7 Å². The van der Waals surface area contributed by atoms with Crippen molar-refractivity contribution in [2.75, 3.05) is 5.32 Å². The Morgan fingerprint density at radius 3 is 2.52 bits per heavy atom. The highest BCUT2D eigenvalue weighted by molar-refractivity contribution is 5.97. The molecule has 132 valence electrons. The zero-order chi connectivity index (χ0) is 18.4. The van der Waals surface area contributed by atoms with Crippen molar-refractivity contribution in [3.05, 3.63) is 48.4 Å². The number of rotatable bonds is 4. The van der Waals surface area contributed by atoms with Gasteiger partial charge in [-0.05, 0) is 36.6 Å². The molecule has 0 saturated carbocycles. The Bertz CT molecular complexity index is 741. The first-order valence-electron chi connectivity index (χ1n) is 7.92. The van der Waals surface area contributed by atoms with Gasteiger partial charge in [0.15, 0.2) is 0 Å². The van der Waals surface area contributed by atoms with Crippen LogP contribution in [0, 0.1) is 5.41 Å². The van der Waals surface area contributed by atoms with Crippen molar-refractivity contribution in [2.24, 2.45) is 5.41 Å². The average Bonchev–Trinajstić information content (AvgIpc) is 2.55. The summed E-state index contributed by atoms with van der Waals surface area (Å²) in [4.78, 5) is 32.4. The first kappa shape index (κ1) is 18.4. The summed E-state index contributed by atoms with van der Waals surface area (Å²) in [7, 11) is 0. The quantitative estimate of drug-likeness (QED) is 0.889. The van der Waals surface area contributed by atoms with E-state index in [1.165, 1.54) is 12.4 Å². The van der Waals surface area contributed by atoms with E-state index in [1.807, 2.05) is 27.7 Å². The molecule has 7 heteroatoms. The Kier molecular flexibility index (Phi) is 5.69. The zero-order valence-electron chi connectivity index (χ0n) is 14.7. The molecule has 0 aliphatic carbocycles. The number of aromatic nitrogens is 2. The van der Waals surface area contributed by atoms with Crippen molar-refractivity contribution in [2.45, 2.75) is 33.7 Å². The fraction of sp³-hybridized carbons (Fsp3) is 0.333. The molecule has 0 fully saturated rings. The number of pyridine rings is 2. The summed E-state index contributed by atoms with van der Waals surface area (Å²) in [5.74, 6) is -0.401. The topological polar surface area (TPSA) is 93.2 Å². The summed E-state index contributed by atoms with van der Waals surface area (Å²) in [6, 6.07) is 6.46. The summed E-state index contributed by atoms with van der Waals surface area (Å²) in [6.07, 6.45) is 3.79. The first-order valence-corrected chi connectivity index (χ1v) is 7.92. The van der Waals surface area contributed by atoms with Gasteiger partial charge in [-0.2, -0.15) is 0 Å². The van der Waals surface area contributed by atoms with E-state index in [2.05, 4.69) is 20.6 Å². The minimum atomic E-state index is -0.746. The van der Waals surface area contributed by atoms with Crippen molar-refractivity contribution < 1.29 is 14.3 Å². The van der Waals surface area contributed by atoms with Crippen LogP contribution in [0.15, 0.2) is 42.9 Å². The molecule has 2 N–H and O–H groups in total. The Hall–Kier alpha value is -2.96. The van der Waals surface area contributed by atoms with Crippen LogP contribution < -0.4 is 15.4 Å². The molecule has 0 spiro atoms. The zero-order valence-corrected chi connectivity index (χ0v) is 14.7. The number of anilines is 1.